The van der Waals surface area contributed by atoms with Crippen molar-refractivity contribution in [2.75, 3.05) is 35.5 Å². The third-order valence-corrected chi connectivity index (χ3v) is 7.01. The van der Waals surface area contributed by atoms with Gasteiger partial charge in [0, 0.05) is 47.4 Å². The van der Waals surface area contributed by atoms with Gasteiger partial charge in [0.25, 0.3) is 0 Å². The van der Waals surface area contributed by atoms with Crippen LogP contribution in [0.2, 0.25) is 0 Å². The Hall–Kier alpha value is -0.840. The molecule has 2 rings (SSSR count). The summed E-state index contributed by atoms with van der Waals surface area (Å²) < 4.78 is 39.9. The monoisotopic (exact) mass is 472 g/mol. The molecule has 0 aromatic heterocycles. The van der Waals surface area contributed by atoms with Crippen molar-refractivity contribution in [3.63, 3.8) is 0 Å². The van der Waals surface area contributed by atoms with Crippen molar-refractivity contribution in [2.45, 2.75) is 89.2 Å². The number of methoxy groups -OCH3 is 5. The average Bonchev–Trinajstić information content (AvgIpc) is 3.63. The number of hydrogen-bond acceptors (Lipinski definition) is 8. The van der Waals surface area contributed by atoms with Gasteiger partial charge >= 0.3 is 0 Å². The molecule has 2 aliphatic heterocycles. The van der Waals surface area contributed by atoms with Gasteiger partial charge in [0.15, 0.2) is 6.29 Å². The van der Waals surface area contributed by atoms with E-state index in [1.807, 2.05) is 32.1 Å². The minimum Gasteiger partial charge on any atom is -0.390 e. The van der Waals surface area contributed by atoms with Gasteiger partial charge in [0.1, 0.15) is 30.5 Å². The molecule has 11 atom stereocenters. The Balaban J connectivity index is 2.02. The zero-order valence-corrected chi connectivity index (χ0v) is 21.6. The van der Waals surface area contributed by atoms with E-state index >= 15 is 0 Å². The quantitative estimate of drug-likeness (QED) is 0.323. The van der Waals surface area contributed by atoms with Crippen LogP contribution in [-0.4, -0.2) is 95.8 Å². The molecule has 2 saturated heterocycles. The molecule has 0 spiro atoms. The normalized spacial score (nSPS) is 36.5. The largest absolute Gasteiger partial charge is 0.390 e. The van der Waals surface area contributed by atoms with Crippen LogP contribution in [0.3, 0.4) is 0 Å². The van der Waals surface area contributed by atoms with E-state index in [1.165, 1.54) is 0 Å². The highest BCUT2D eigenvalue weighted by atomic mass is 16.7. The van der Waals surface area contributed by atoms with Crippen LogP contribution in [0.1, 0.15) is 34.1 Å². The molecular formula is C25H44O8. The Morgan fingerprint density at radius 2 is 1.55 bits per heavy atom. The Morgan fingerprint density at radius 1 is 0.909 bits per heavy atom. The number of allylic oxidation sites excluding steroid dienone is 2. The molecule has 192 valence electrons. The maximum Gasteiger partial charge on any atom is 0.186 e. The summed E-state index contributed by atoms with van der Waals surface area (Å²) in [6, 6.07) is 0. The lowest BCUT2D eigenvalue weighted by Gasteiger charge is -2.44. The van der Waals surface area contributed by atoms with Crippen molar-refractivity contribution in [3.05, 3.63) is 23.8 Å². The van der Waals surface area contributed by atoms with Gasteiger partial charge in [0.2, 0.25) is 0 Å². The second-order valence-electron chi connectivity index (χ2n) is 9.01. The van der Waals surface area contributed by atoms with E-state index < -0.39 is 18.5 Å². The van der Waals surface area contributed by atoms with Crippen molar-refractivity contribution < 1.29 is 38.3 Å². The Kier molecular flexibility index (Phi) is 11.4. The van der Waals surface area contributed by atoms with Gasteiger partial charge in [0.05, 0.1) is 18.3 Å². The van der Waals surface area contributed by atoms with E-state index in [2.05, 4.69) is 13.8 Å². The fraction of sp³-hybridized carbons (Fsp3) is 0.840. The maximum absolute atomic E-state index is 10.8. The molecule has 2 fully saturated rings. The molecule has 0 amide bonds. The van der Waals surface area contributed by atoms with Crippen molar-refractivity contribution >= 4 is 0 Å². The maximum atomic E-state index is 10.8. The first-order valence-electron chi connectivity index (χ1n) is 11.8. The molecule has 0 unspecified atom stereocenters. The van der Waals surface area contributed by atoms with E-state index in [0.717, 1.165) is 12.0 Å². The van der Waals surface area contributed by atoms with Gasteiger partial charge in [-0.3, -0.25) is 0 Å². The number of ether oxygens (including phenoxy) is 7. The molecule has 33 heavy (non-hydrogen) atoms. The molecule has 0 aromatic carbocycles. The molecule has 0 aromatic rings. The van der Waals surface area contributed by atoms with Crippen LogP contribution in [0, 0.1) is 11.8 Å². The van der Waals surface area contributed by atoms with Gasteiger partial charge in [-0.15, -0.1) is 0 Å². The summed E-state index contributed by atoms with van der Waals surface area (Å²) in [5.74, 6) is 0.173. The smallest absolute Gasteiger partial charge is 0.186 e. The molecule has 0 radical (unpaired) electrons. The van der Waals surface area contributed by atoms with Crippen molar-refractivity contribution in [3.8, 4) is 0 Å². The van der Waals surface area contributed by atoms with Gasteiger partial charge in [-0.25, -0.2) is 0 Å². The van der Waals surface area contributed by atoms with Crippen LogP contribution in [-0.2, 0) is 33.2 Å². The van der Waals surface area contributed by atoms with Crippen LogP contribution in [0.25, 0.3) is 0 Å². The van der Waals surface area contributed by atoms with E-state index in [-0.39, 0.29) is 48.5 Å². The molecule has 2 aliphatic rings. The molecule has 0 bridgehead atoms. The first-order chi connectivity index (χ1) is 15.8. The molecular weight excluding hydrogens is 428 g/mol. The predicted octanol–water partition coefficient (Wildman–Crippen LogP) is 2.73. The van der Waals surface area contributed by atoms with Gasteiger partial charge in [-0.2, -0.15) is 0 Å². The van der Waals surface area contributed by atoms with Gasteiger partial charge in [-0.1, -0.05) is 39.0 Å². The standard InChI is InChI=1S/C25H44O8/c1-10-17(27-5)16(4)20-21(32-20)18(26)14(2)12-11-13-15(3)19-22(28-6)23(29-7)24(30-8)25(31-9)33-19/h11-14,16-26H,10H2,1-9H3/b12-11+,15-13+/t14-,16+,17-,18+,19+,20-,21-,22-,23+,24+,25+/m0/s1. The van der Waals surface area contributed by atoms with E-state index in [4.69, 9.17) is 33.2 Å². The minimum absolute atomic E-state index is 0.0295. The van der Waals surface area contributed by atoms with Crippen molar-refractivity contribution in [2.24, 2.45) is 11.8 Å². The summed E-state index contributed by atoms with van der Waals surface area (Å²) in [4.78, 5) is 0. The summed E-state index contributed by atoms with van der Waals surface area (Å²) in [7, 11) is 8.17. The molecule has 8 nitrogen and oxygen atoms in total. The Bertz CT molecular complexity index is 634. The highest BCUT2D eigenvalue weighted by molar-refractivity contribution is 5.19. The number of rotatable bonds is 13. The lowest BCUT2D eigenvalue weighted by molar-refractivity contribution is -0.295. The molecule has 2 heterocycles. The summed E-state index contributed by atoms with van der Waals surface area (Å²) >= 11 is 0. The third kappa shape index (κ3) is 6.64. The van der Waals surface area contributed by atoms with Crippen molar-refractivity contribution in [1.82, 2.24) is 0 Å². The molecule has 0 saturated carbocycles. The topological polar surface area (TPSA) is 88.1 Å². The molecule has 1 N–H and O–H groups in total. The van der Waals surface area contributed by atoms with Crippen LogP contribution >= 0.6 is 0 Å². The summed E-state index contributed by atoms with van der Waals surface area (Å²) in [6.07, 6.45) is 4.20. The van der Waals surface area contributed by atoms with E-state index in [1.54, 1.807) is 35.5 Å². The number of aliphatic hydroxyl groups is 1. The predicted molar refractivity (Wildman–Crippen MR) is 125 cm³/mol. The van der Waals surface area contributed by atoms with Crippen LogP contribution in [0.15, 0.2) is 23.8 Å². The molecule has 0 aliphatic carbocycles. The van der Waals surface area contributed by atoms with E-state index in [0.29, 0.717) is 0 Å². The van der Waals surface area contributed by atoms with Crippen LogP contribution in [0.5, 0.6) is 0 Å². The first-order valence-corrected chi connectivity index (χ1v) is 11.8. The number of epoxide rings is 1. The second-order valence-corrected chi connectivity index (χ2v) is 9.01. The summed E-state index contributed by atoms with van der Waals surface area (Å²) in [5, 5.41) is 10.8. The minimum atomic E-state index is -0.576. The Labute approximate surface area is 199 Å². The lowest BCUT2D eigenvalue weighted by atomic mass is 9.91. The van der Waals surface area contributed by atoms with Gasteiger partial charge < -0.3 is 38.3 Å². The first kappa shape index (κ1) is 28.4. The SMILES string of the molecule is CC[C@H](OC)[C@@H](C)[C@@H]1O[C@H]1[C@H](O)[C@@H](C)/C=C/C=C(\C)[C@H]1O[C@@H](OC)[C@H](OC)[C@H](OC)[C@H]1OC. The fourth-order valence-corrected chi connectivity index (χ4v) is 4.83. The Morgan fingerprint density at radius 3 is 2.06 bits per heavy atom. The lowest BCUT2D eigenvalue weighted by Crippen LogP contribution is -2.60. The second kappa shape index (κ2) is 13.3. The summed E-state index contributed by atoms with van der Waals surface area (Å²) in [6.45, 7) is 8.18. The number of hydrogen-bond donors (Lipinski definition) is 1. The van der Waals surface area contributed by atoms with Gasteiger partial charge in [-0.05, 0) is 18.9 Å². The van der Waals surface area contributed by atoms with Crippen LogP contribution in [0.4, 0.5) is 0 Å². The van der Waals surface area contributed by atoms with Crippen LogP contribution < -0.4 is 0 Å². The fourth-order valence-electron chi connectivity index (χ4n) is 4.83. The third-order valence-electron chi connectivity index (χ3n) is 7.01. The highest BCUT2D eigenvalue weighted by Gasteiger charge is 2.50. The summed E-state index contributed by atoms with van der Waals surface area (Å²) in [5.41, 5.74) is 0.957. The zero-order chi connectivity index (χ0) is 24.7. The van der Waals surface area contributed by atoms with Crippen molar-refractivity contribution in [1.29, 1.82) is 0 Å². The number of aliphatic hydroxyl groups excluding tert-OH is 1. The highest BCUT2D eigenvalue weighted by Crippen LogP contribution is 2.37. The zero-order valence-electron chi connectivity index (χ0n) is 21.6. The molecule has 8 heteroatoms. The van der Waals surface area contributed by atoms with E-state index in [9.17, 15) is 5.11 Å². The average molecular weight is 473 g/mol.